The molecule has 0 aromatic carbocycles. The van der Waals surface area contributed by atoms with Crippen LogP contribution in [0.25, 0.3) is 11.3 Å². The number of hydrogen-bond donors (Lipinski definition) is 0. The van der Waals surface area contributed by atoms with Crippen LogP contribution in [-0.4, -0.2) is 49.6 Å². The molecule has 0 spiro atoms. The van der Waals surface area contributed by atoms with Gasteiger partial charge in [0, 0.05) is 63.4 Å². The second kappa shape index (κ2) is 6.85. The number of hydrogen-bond acceptors (Lipinski definition) is 8. The van der Waals surface area contributed by atoms with Gasteiger partial charge in [0.25, 0.3) is 0 Å². The van der Waals surface area contributed by atoms with Gasteiger partial charge in [-0.1, -0.05) is 0 Å². The first-order valence-electron chi connectivity index (χ1n) is 8.14. The van der Waals surface area contributed by atoms with Crippen molar-refractivity contribution in [2.45, 2.75) is 19.4 Å². The topological polar surface area (TPSA) is 81.9 Å². The van der Waals surface area contributed by atoms with Gasteiger partial charge in [-0.15, -0.1) is 0 Å². The first-order valence-corrected chi connectivity index (χ1v) is 8.91. The molecule has 0 fully saturated rings. The quantitative estimate of drug-likeness (QED) is 0.684. The first-order chi connectivity index (χ1) is 12.2. The third kappa shape index (κ3) is 3.38. The fraction of sp³-hybridized carbons (Fsp3) is 0.438. The molecule has 1 aliphatic rings. The van der Waals surface area contributed by atoms with Gasteiger partial charge < -0.3 is 9.64 Å². The minimum Gasteiger partial charge on any atom is -0.384 e. The van der Waals surface area contributed by atoms with Crippen molar-refractivity contribution in [3.05, 3.63) is 35.5 Å². The normalized spacial score (nSPS) is 13.9. The van der Waals surface area contributed by atoms with Crippen LogP contribution in [0.3, 0.4) is 0 Å². The number of anilines is 1. The molecule has 0 saturated heterocycles. The lowest BCUT2D eigenvalue weighted by Crippen LogP contribution is -2.31. The Balaban J connectivity index is 1.54. The SMILES string of the molecule is COCCc1nsc(N2CCc3nnc(-c4cnn(C)c4)cc3C2)n1. The van der Waals surface area contributed by atoms with Crippen LogP contribution in [0, 0.1) is 0 Å². The van der Waals surface area contributed by atoms with Gasteiger partial charge in [-0.3, -0.25) is 4.68 Å². The zero-order chi connectivity index (χ0) is 17.2. The molecule has 0 unspecified atom stereocenters. The summed E-state index contributed by atoms with van der Waals surface area (Å²) in [5.74, 6) is 0.844. The molecule has 1 aliphatic heterocycles. The molecule has 0 aliphatic carbocycles. The van der Waals surface area contributed by atoms with Crippen LogP contribution in [0.4, 0.5) is 5.13 Å². The van der Waals surface area contributed by atoms with Crippen LogP contribution in [-0.2, 0) is 31.2 Å². The largest absolute Gasteiger partial charge is 0.384 e. The average Bonchev–Trinajstić information content (AvgIpc) is 3.28. The number of ether oxygens (including phenoxy) is 1. The smallest absolute Gasteiger partial charge is 0.205 e. The number of methoxy groups -OCH3 is 1. The van der Waals surface area contributed by atoms with Crippen molar-refractivity contribution in [3.8, 4) is 11.3 Å². The number of nitrogens with zero attached hydrogens (tertiary/aromatic N) is 7. The highest BCUT2D eigenvalue weighted by Crippen LogP contribution is 2.27. The van der Waals surface area contributed by atoms with Crippen LogP contribution in [0.2, 0.25) is 0 Å². The Morgan fingerprint density at radius 1 is 1.32 bits per heavy atom. The summed E-state index contributed by atoms with van der Waals surface area (Å²) in [7, 11) is 3.59. The predicted molar refractivity (Wildman–Crippen MR) is 94.5 cm³/mol. The van der Waals surface area contributed by atoms with Gasteiger partial charge in [0.15, 0.2) is 0 Å². The Morgan fingerprint density at radius 2 is 2.24 bits per heavy atom. The van der Waals surface area contributed by atoms with Gasteiger partial charge in [-0.2, -0.15) is 19.7 Å². The molecule has 3 aromatic heterocycles. The molecule has 0 amide bonds. The van der Waals surface area contributed by atoms with Crippen LogP contribution < -0.4 is 4.90 Å². The molecule has 4 heterocycles. The van der Waals surface area contributed by atoms with E-state index in [4.69, 9.17) is 4.74 Å². The highest BCUT2D eigenvalue weighted by atomic mass is 32.1. The Bertz CT molecular complexity index is 875. The molecule has 0 radical (unpaired) electrons. The number of aryl methyl sites for hydroxylation is 1. The molecule has 0 atom stereocenters. The summed E-state index contributed by atoms with van der Waals surface area (Å²) < 4.78 is 11.3. The third-order valence-electron chi connectivity index (χ3n) is 4.20. The number of aromatic nitrogens is 6. The zero-order valence-corrected chi connectivity index (χ0v) is 15.0. The van der Waals surface area contributed by atoms with Gasteiger partial charge in [0.1, 0.15) is 5.82 Å². The summed E-state index contributed by atoms with van der Waals surface area (Å²) in [5, 5.41) is 13.9. The lowest BCUT2D eigenvalue weighted by Gasteiger charge is -2.27. The van der Waals surface area contributed by atoms with E-state index in [-0.39, 0.29) is 0 Å². The van der Waals surface area contributed by atoms with Crippen molar-refractivity contribution in [1.29, 1.82) is 0 Å². The molecule has 0 saturated carbocycles. The molecule has 130 valence electrons. The summed E-state index contributed by atoms with van der Waals surface area (Å²) in [5.41, 5.74) is 4.08. The standard InChI is InChI=1S/C16H19N7OS/c1-22-9-12(8-17-22)14-7-11-10-23(5-3-13(11)19-20-14)16-18-15(21-25-16)4-6-24-2/h7-9H,3-6,10H2,1-2H3. The van der Waals surface area contributed by atoms with E-state index in [1.165, 1.54) is 17.1 Å². The van der Waals surface area contributed by atoms with E-state index in [2.05, 4.69) is 35.6 Å². The first kappa shape index (κ1) is 16.1. The zero-order valence-electron chi connectivity index (χ0n) is 14.2. The molecular formula is C16H19N7OS. The Morgan fingerprint density at radius 3 is 3.04 bits per heavy atom. The fourth-order valence-electron chi connectivity index (χ4n) is 2.85. The van der Waals surface area contributed by atoms with Crippen LogP contribution in [0.15, 0.2) is 18.5 Å². The van der Waals surface area contributed by atoms with Gasteiger partial charge in [0.2, 0.25) is 5.13 Å². The van der Waals surface area contributed by atoms with E-state index in [1.54, 1.807) is 11.8 Å². The maximum Gasteiger partial charge on any atom is 0.205 e. The highest BCUT2D eigenvalue weighted by molar-refractivity contribution is 7.09. The van der Waals surface area contributed by atoms with Crippen molar-refractivity contribution in [3.63, 3.8) is 0 Å². The van der Waals surface area contributed by atoms with E-state index >= 15 is 0 Å². The van der Waals surface area contributed by atoms with Crippen LogP contribution in [0.1, 0.15) is 17.1 Å². The molecule has 8 nitrogen and oxygen atoms in total. The summed E-state index contributed by atoms with van der Waals surface area (Å²) in [6.07, 6.45) is 5.37. The van der Waals surface area contributed by atoms with Crippen molar-refractivity contribution in [1.82, 2.24) is 29.3 Å². The van der Waals surface area contributed by atoms with E-state index in [0.717, 1.165) is 53.8 Å². The Kier molecular flexibility index (Phi) is 4.41. The van der Waals surface area contributed by atoms with Crippen LogP contribution in [0.5, 0.6) is 0 Å². The van der Waals surface area contributed by atoms with E-state index in [1.807, 2.05) is 19.4 Å². The van der Waals surface area contributed by atoms with Crippen molar-refractivity contribution in [2.24, 2.45) is 7.05 Å². The second-order valence-corrected chi connectivity index (χ2v) is 6.74. The van der Waals surface area contributed by atoms with Gasteiger partial charge in [0.05, 0.1) is 24.2 Å². The fourth-order valence-corrected chi connectivity index (χ4v) is 3.59. The van der Waals surface area contributed by atoms with Crippen LogP contribution >= 0.6 is 11.5 Å². The average molecular weight is 357 g/mol. The van der Waals surface area contributed by atoms with E-state index in [9.17, 15) is 0 Å². The molecule has 0 bridgehead atoms. The molecule has 25 heavy (non-hydrogen) atoms. The number of fused-ring (bicyclic) bond motifs is 1. The number of rotatable bonds is 5. The van der Waals surface area contributed by atoms with Gasteiger partial charge >= 0.3 is 0 Å². The lowest BCUT2D eigenvalue weighted by atomic mass is 10.1. The molecule has 9 heteroatoms. The molecule has 0 N–H and O–H groups in total. The third-order valence-corrected chi connectivity index (χ3v) is 5.01. The van der Waals surface area contributed by atoms with E-state index in [0.29, 0.717) is 6.61 Å². The monoisotopic (exact) mass is 357 g/mol. The van der Waals surface area contributed by atoms with E-state index < -0.39 is 0 Å². The van der Waals surface area contributed by atoms with Crippen molar-refractivity contribution < 1.29 is 4.74 Å². The van der Waals surface area contributed by atoms with Gasteiger partial charge in [-0.05, 0) is 11.6 Å². The summed E-state index contributed by atoms with van der Waals surface area (Å²) >= 11 is 1.44. The lowest BCUT2D eigenvalue weighted by molar-refractivity contribution is 0.201. The minimum atomic E-state index is 0.642. The maximum atomic E-state index is 5.09. The maximum absolute atomic E-state index is 5.09. The molecular weight excluding hydrogens is 338 g/mol. The van der Waals surface area contributed by atoms with Crippen molar-refractivity contribution >= 4 is 16.7 Å². The summed E-state index contributed by atoms with van der Waals surface area (Å²) in [6.45, 7) is 2.30. The second-order valence-electron chi connectivity index (χ2n) is 6.01. The molecule has 3 aromatic rings. The summed E-state index contributed by atoms with van der Waals surface area (Å²) in [6, 6.07) is 2.11. The van der Waals surface area contributed by atoms with Gasteiger partial charge in [-0.25, -0.2) is 4.98 Å². The van der Waals surface area contributed by atoms with Crippen molar-refractivity contribution in [2.75, 3.05) is 25.2 Å². The Labute approximate surface area is 149 Å². The Hall–Kier alpha value is -2.39. The predicted octanol–water partition coefficient (Wildman–Crippen LogP) is 1.48. The minimum absolute atomic E-state index is 0.642. The highest BCUT2D eigenvalue weighted by Gasteiger charge is 2.22. The summed E-state index contributed by atoms with van der Waals surface area (Å²) in [4.78, 5) is 6.89. The molecule has 4 rings (SSSR count).